The summed E-state index contributed by atoms with van der Waals surface area (Å²) in [6.45, 7) is 5.93. The summed E-state index contributed by atoms with van der Waals surface area (Å²) in [7, 11) is 0. The van der Waals surface area contributed by atoms with Crippen LogP contribution in [-0.2, 0) is 6.42 Å². The molecule has 1 aromatic heterocycles. The minimum Gasteiger partial charge on any atom is -0.393 e. The molecule has 0 aliphatic carbocycles. The molecule has 0 bridgehead atoms. The predicted molar refractivity (Wildman–Crippen MR) is 87.9 cm³/mol. The number of aromatic nitrogens is 2. The zero-order valence-corrected chi connectivity index (χ0v) is 13.9. The number of nitrogens with zero attached hydrogens (tertiary/aromatic N) is 3. The highest BCUT2D eigenvalue weighted by Crippen LogP contribution is 2.27. The molecule has 2 heterocycles. The van der Waals surface area contributed by atoms with Crippen molar-refractivity contribution >= 4 is 0 Å². The van der Waals surface area contributed by atoms with Crippen molar-refractivity contribution in [1.82, 2.24) is 15.0 Å². The lowest BCUT2D eigenvalue weighted by Gasteiger charge is -2.35. The number of piperidine rings is 1. The normalized spacial score (nSPS) is 19.6. The van der Waals surface area contributed by atoms with Crippen molar-refractivity contribution < 1.29 is 9.63 Å². The number of benzene rings is 1. The Morgan fingerprint density at radius 3 is 2.57 bits per heavy atom. The average molecular weight is 315 g/mol. The first-order valence-electron chi connectivity index (χ1n) is 8.42. The van der Waals surface area contributed by atoms with Gasteiger partial charge in [-0.3, -0.25) is 4.90 Å². The van der Waals surface area contributed by atoms with Crippen molar-refractivity contribution in [1.29, 1.82) is 0 Å². The molecule has 2 atom stereocenters. The molecule has 0 radical (unpaired) electrons. The van der Waals surface area contributed by atoms with E-state index in [2.05, 4.69) is 34.1 Å². The van der Waals surface area contributed by atoms with E-state index in [0.717, 1.165) is 31.8 Å². The molecule has 0 amide bonds. The van der Waals surface area contributed by atoms with Crippen LogP contribution in [0.15, 0.2) is 34.9 Å². The van der Waals surface area contributed by atoms with E-state index in [4.69, 9.17) is 4.52 Å². The van der Waals surface area contributed by atoms with Crippen molar-refractivity contribution in [2.75, 3.05) is 13.1 Å². The van der Waals surface area contributed by atoms with Gasteiger partial charge in [0.25, 0.3) is 0 Å². The van der Waals surface area contributed by atoms with E-state index in [0.29, 0.717) is 18.2 Å². The third-order valence-electron chi connectivity index (χ3n) is 4.85. The Kier molecular flexibility index (Phi) is 5.08. The highest BCUT2D eigenvalue weighted by atomic mass is 16.5. The molecule has 0 saturated carbocycles. The van der Waals surface area contributed by atoms with E-state index >= 15 is 0 Å². The van der Waals surface area contributed by atoms with E-state index in [9.17, 15) is 5.11 Å². The summed E-state index contributed by atoms with van der Waals surface area (Å²) < 4.78 is 5.47. The van der Waals surface area contributed by atoms with Crippen LogP contribution in [0.1, 0.15) is 50.0 Å². The lowest BCUT2D eigenvalue weighted by atomic mass is 9.91. The molecule has 3 rings (SSSR count). The maximum atomic E-state index is 9.70. The van der Waals surface area contributed by atoms with Crippen molar-refractivity contribution in [2.45, 2.75) is 45.3 Å². The molecule has 5 nitrogen and oxygen atoms in total. The van der Waals surface area contributed by atoms with Crippen LogP contribution in [-0.4, -0.2) is 39.3 Å². The Morgan fingerprint density at radius 1 is 1.22 bits per heavy atom. The Labute approximate surface area is 137 Å². The number of aliphatic hydroxyl groups excluding tert-OH is 1. The van der Waals surface area contributed by atoms with E-state index in [1.54, 1.807) is 0 Å². The first-order valence-corrected chi connectivity index (χ1v) is 8.42. The number of hydrogen-bond donors (Lipinski definition) is 1. The lowest BCUT2D eigenvalue weighted by molar-refractivity contribution is 0.0524. The highest BCUT2D eigenvalue weighted by Gasteiger charge is 2.28. The fraction of sp³-hybridized carbons (Fsp3) is 0.556. The predicted octanol–water partition coefficient (Wildman–Crippen LogP) is 2.81. The topological polar surface area (TPSA) is 62.4 Å². The maximum Gasteiger partial charge on any atom is 0.243 e. The van der Waals surface area contributed by atoms with Gasteiger partial charge in [-0.15, -0.1) is 0 Å². The quantitative estimate of drug-likeness (QED) is 0.919. The Morgan fingerprint density at radius 2 is 1.91 bits per heavy atom. The second-order valence-electron chi connectivity index (χ2n) is 6.50. The van der Waals surface area contributed by atoms with Crippen LogP contribution in [0.3, 0.4) is 0 Å². The summed E-state index contributed by atoms with van der Waals surface area (Å²) in [5.41, 5.74) is 1.19. The first kappa shape index (κ1) is 16.1. The van der Waals surface area contributed by atoms with Gasteiger partial charge in [0, 0.05) is 6.42 Å². The standard InChI is InChI=1S/C18H25N3O2/c1-13(21-10-8-16(9-11-21)14(2)22)18-19-17(20-23-18)12-15-6-4-3-5-7-15/h3-7,13-14,16,22H,8-12H2,1-2H3. The zero-order chi connectivity index (χ0) is 16.2. The molecular formula is C18H25N3O2. The van der Waals surface area contributed by atoms with Gasteiger partial charge in [-0.05, 0) is 51.3 Å². The van der Waals surface area contributed by atoms with Crippen LogP contribution in [0.4, 0.5) is 0 Å². The average Bonchev–Trinajstić information content (AvgIpc) is 3.03. The second-order valence-corrected chi connectivity index (χ2v) is 6.50. The van der Waals surface area contributed by atoms with Crippen molar-refractivity contribution in [3.63, 3.8) is 0 Å². The Hall–Kier alpha value is -1.72. The molecule has 2 aromatic rings. The molecule has 23 heavy (non-hydrogen) atoms. The van der Waals surface area contributed by atoms with E-state index < -0.39 is 0 Å². The lowest BCUT2D eigenvalue weighted by Crippen LogP contribution is -2.38. The minimum absolute atomic E-state index is 0.127. The minimum atomic E-state index is -0.215. The Balaban J connectivity index is 1.59. The van der Waals surface area contributed by atoms with Crippen molar-refractivity contribution in [3.05, 3.63) is 47.6 Å². The number of aliphatic hydroxyl groups is 1. The van der Waals surface area contributed by atoms with Gasteiger partial charge < -0.3 is 9.63 Å². The molecule has 1 fully saturated rings. The number of likely N-dealkylation sites (tertiary alicyclic amines) is 1. The fourth-order valence-electron chi connectivity index (χ4n) is 3.23. The summed E-state index contributed by atoms with van der Waals surface area (Å²) >= 11 is 0. The van der Waals surface area contributed by atoms with Crippen LogP contribution < -0.4 is 0 Å². The molecule has 1 aliphatic rings. The summed E-state index contributed by atoms with van der Waals surface area (Å²) in [5, 5.41) is 13.8. The summed E-state index contributed by atoms with van der Waals surface area (Å²) in [6.07, 6.45) is 2.52. The largest absolute Gasteiger partial charge is 0.393 e. The van der Waals surface area contributed by atoms with E-state index in [-0.39, 0.29) is 12.1 Å². The third kappa shape index (κ3) is 3.98. The number of rotatable bonds is 5. The summed E-state index contributed by atoms with van der Waals surface area (Å²) in [5.74, 6) is 1.83. The molecule has 1 N–H and O–H groups in total. The molecule has 1 aliphatic heterocycles. The summed E-state index contributed by atoms with van der Waals surface area (Å²) in [6, 6.07) is 10.3. The van der Waals surface area contributed by atoms with E-state index in [1.165, 1.54) is 5.56 Å². The monoisotopic (exact) mass is 315 g/mol. The SMILES string of the molecule is CC(O)C1CCN(C(C)c2nc(Cc3ccccc3)no2)CC1. The van der Waals surface area contributed by atoms with Crippen LogP contribution in [0, 0.1) is 5.92 Å². The smallest absolute Gasteiger partial charge is 0.243 e. The van der Waals surface area contributed by atoms with Gasteiger partial charge in [-0.2, -0.15) is 4.98 Å². The van der Waals surface area contributed by atoms with Gasteiger partial charge in [-0.1, -0.05) is 35.5 Å². The first-order chi connectivity index (χ1) is 11.1. The molecule has 2 unspecified atom stereocenters. The summed E-state index contributed by atoms with van der Waals surface area (Å²) in [4.78, 5) is 6.93. The Bertz CT molecular complexity index is 604. The molecular weight excluding hydrogens is 290 g/mol. The second kappa shape index (κ2) is 7.23. The van der Waals surface area contributed by atoms with Crippen molar-refractivity contribution in [2.24, 2.45) is 5.92 Å². The van der Waals surface area contributed by atoms with Gasteiger partial charge in [0.2, 0.25) is 5.89 Å². The van der Waals surface area contributed by atoms with Gasteiger partial charge in [0.1, 0.15) is 0 Å². The van der Waals surface area contributed by atoms with Crippen LogP contribution >= 0.6 is 0 Å². The molecule has 1 saturated heterocycles. The number of hydrogen-bond acceptors (Lipinski definition) is 5. The third-order valence-corrected chi connectivity index (χ3v) is 4.85. The van der Waals surface area contributed by atoms with Gasteiger partial charge in [-0.25, -0.2) is 0 Å². The van der Waals surface area contributed by atoms with Gasteiger partial charge in [0.05, 0.1) is 12.1 Å². The van der Waals surface area contributed by atoms with Gasteiger partial charge in [0.15, 0.2) is 5.82 Å². The van der Waals surface area contributed by atoms with Crippen LogP contribution in [0.5, 0.6) is 0 Å². The molecule has 0 spiro atoms. The van der Waals surface area contributed by atoms with Crippen LogP contribution in [0.2, 0.25) is 0 Å². The zero-order valence-electron chi connectivity index (χ0n) is 13.9. The fourth-order valence-corrected chi connectivity index (χ4v) is 3.23. The van der Waals surface area contributed by atoms with Crippen molar-refractivity contribution in [3.8, 4) is 0 Å². The van der Waals surface area contributed by atoms with Gasteiger partial charge >= 0.3 is 0 Å². The van der Waals surface area contributed by atoms with Crippen LogP contribution in [0.25, 0.3) is 0 Å². The maximum absolute atomic E-state index is 9.70. The highest BCUT2D eigenvalue weighted by molar-refractivity contribution is 5.18. The molecule has 1 aromatic carbocycles. The van der Waals surface area contributed by atoms with E-state index in [1.807, 2.05) is 25.1 Å². The molecule has 124 valence electrons. The molecule has 5 heteroatoms.